The molecule has 7 rings (SSSR count). The highest BCUT2D eigenvalue weighted by Crippen LogP contribution is 2.41. The summed E-state index contributed by atoms with van der Waals surface area (Å²) in [6.07, 6.45) is 0.320. The largest absolute Gasteiger partial charge is 0.493 e. The van der Waals surface area contributed by atoms with Gasteiger partial charge in [-0.3, -0.25) is 0 Å². The molecule has 3 aliphatic heterocycles. The maximum atomic E-state index is 15.3. The van der Waals surface area contributed by atoms with Gasteiger partial charge in [0.2, 0.25) is 0 Å². The molecule has 3 aromatic rings. The van der Waals surface area contributed by atoms with E-state index in [1.165, 1.54) is 6.07 Å². The van der Waals surface area contributed by atoms with Gasteiger partial charge >= 0.3 is 0 Å². The summed E-state index contributed by atoms with van der Waals surface area (Å²) in [5.74, 6) is 0.277. The van der Waals surface area contributed by atoms with Gasteiger partial charge in [-0.05, 0) is 48.4 Å². The van der Waals surface area contributed by atoms with E-state index in [0.717, 1.165) is 18.4 Å². The number of rotatable bonds is 7. The van der Waals surface area contributed by atoms with E-state index in [-0.39, 0.29) is 48.1 Å². The molecule has 38 heavy (non-hydrogen) atoms. The third-order valence-electron chi connectivity index (χ3n) is 8.01. The van der Waals surface area contributed by atoms with Crippen molar-refractivity contribution in [2.75, 3.05) is 33.0 Å². The van der Waals surface area contributed by atoms with Crippen LogP contribution < -0.4 is 9.47 Å². The zero-order chi connectivity index (χ0) is 26.0. The average molecular weight is 546 g/mol. The molecule has 0 amide bonds. The number of benzene rings is 1. The van der Waals surface area contributed by atoms with E-state index in [4.69, 9.17) is 35.3 Å². The van der Waals surface area contributed by atoms with Crippen molar-refractivity contribution in [3.8, 4) is 11.8 Å². The monoisotopic (exact) mass is 545 g/mol. The van der Waals surface area contributed by atoms with E-state index in [9.17, 15) is 5.11 Å². The summed E-state index contributed by atoms with van der Waals surface area (Å²) in [6, 6.07) is 5.50. The third kappa shape index (κ3) is 4.32. The molecule has 2 aromatic heterocycles. The maximum absolute atomic E-state index is 15.3. The van der Waals surface area contributed by atoms with Crippen LogP contribution in [0.2, 0.25) is 5.02 Å². The van der Waals surface area contributed by atoms with Crippen LogP contribution in [0.15, 0.2) is 18.2 Å². The Balaban J connectivity index is 1.06. The SMILES string of the molecule is CC1(COc2cc(F)c3c(c2)CCC3Cc2nc3nc(O[C@@H]4CO[C@H]5[C@@H]4OC[C@H]5O)[nH]c3cc2Cl)COC1. The van der Waals surface area contributed by atoms with Gasteiger partial charge in [0.1, 0.15) is 29.9 Å². The van der Waals surface area contributed by atoms with Crippen LogP contribution in [0.25, 0.3) is 11.2 Å². The number of hydrogen-bond acceptors (Lipinski definition) is 8. The number of aryl methyl sites for hydroxylation is 1. The van der Waals surface area contributed by atoms with Crippen LogP contribution in [0.5, 0.6) is 11.8 Å². The minimum Gasteiger partial charge on any atom is -0.493 e. The van der Waals surface area contributed by atoms with Crippen molar-refractivity contribution in [2.45, 2.75) is 56.5 Å². The first-order chi connectivity index (χ1) is 18.3. The number of aliphatic hydroxyl groups is 1. The molecule has 2 N–H and O–H groups in total. The van der Waals surface area contributed by atoms with Gasteiger partial charge in [0.05, 0.1) is 49.3 Å². The fourth-order valence-electron chi connectivity index (χ4n) is 5.92. The van der Waals surface area contributed by atoms with Crippen LogP contribution in [0.3, 0.4) is 0 Å². The Morgan fingerprint density at radius 3 is 2.84 bits per heavy atom. The van der Waals surface area contributed by atoms with Crippen molar-refractivity contribution in [3.63, 3.8) is 0 Å². The van der Waals surface area contributed by atoms with Crippen molar-refractivity contribution in [1.29, 1.82) is 0 Å². The quantitative estimate of drug-likeness (QED) is 0.465. The number of H-pyrrole nitrogens is 1. The summed E-state index contributed by atoms with van der Waals surface area (Å²) < 4.78 is 43.7. The number of aromatic amines is 1. The zero-order valence-corrected chi connectivity index (χ0v) is 21.7. The highest BCUT2D eigenvalue weighted by atomic mass is 35.5. The summed E-state index contributed by atoms with van der Waals surface area (Å²) in [7, 11) is 0. The topological polar surface area (TPSA) is 108 Å². The molecule has 3 fully saturated rings. The van der Waals surface area contributed by atoms with E-state index in [2.05, 4.69) is 21.9 Å². The van der Waals surface area contributed by atoms with Crippen LogP contribution in [0.4, 0.5) is 4.39 Å². The molecule has 0 spiro atoms. The fourth-order valence-corrected chi connectivity index (χ4v) is 6.15. The molecule has 0 bridgehead atoms. The molecule has 202 valence electrons. The summed E-state index contributed by atoms with van der Waals surface area (Å²) in [5.41, 5.74) is 3.47. The lowest BCUT2D eigenvalue weighted by Crippen LogP contribution is -2.44. The zero-order valence-electron chi connectivity index (χ0n) is 20.9. The van der Waals surface area contributed by atoms with Crippen LogP contribution in [-0.4, -0.2) is 77.5 Å². The lowest BCUT2D eigenvalue weighted by atomic mass is 9.90. The number of halogens is 2. The Morgan fingerprint density at radius 2 is 2.03 bits per heavy atom. The molecule has 11 heteroatoms. The fraction of sp³-hybridized carbons (Fsp3) is 0.556. The Labute approximate surface area is 223 Å². The van der Waals surface area contributed by atoms with Gasteiger partial charge in [-0.1, -0.05) is 18.5 Å². The van der Waals surface area contributed by atoms with Gasteiger partial charge in [-0.15, -0.1) is 0 Å². The van der Waals surface area contributed by atoms with Gasteiger partial charge in [-0.2, -0.15) is 4.98 Å². The Hall–Kier alpha value is -2.50. The number of nitrogens with zero attached hydrogens (tertiary/aromatic N) is 2. The highest BCUT2D eigenvalue weighted by molar-refractivity contribution is 6.31. The van der Waals surface area contributed by atoms with E-state index in [0.29, 0.717) is 66.0 Å². The molecule has 1 aliphatic carbocycles. The lowest BCUT2D eigenvalue weighted by Gasteiger charge is -2.37. The normalized spacial score (nSPS) is 29.3. The van der Waals surface area contributed by atoms with Gasteiger partial charge < -0.3 is 33.8 Å². The molecule has 0 saturated carbocycles. The highest BCUT2D eigenvalue weighted by Gasteiger charge is 2.48. The van der Waals surface area contributed by atoms with Crippen LogP contribution in [0.1, 0.15) is 36.1 Å². The Bertz CT molecular complexity index is 1380. The van der Waals surface area contributed by atoms with Crippen molar-refractivity contribution in [1.82, 2.24) is 15.0 Å². The minimum atomic E-state index is -0.650. The molecule has 5 heterocycles. The van der Waals surface area contributed by atoms with E-state index in [1.807, 2.05) is 6.07 Å². The van der Waals surface area contributed by atoms with Crippen LogP contribution in [-0.2, 0) is 27.1 Å². The van der Waals surface area contributed by atoms with E-state index < -0.39 is 6.10 Å². The molecule has 5 atom stereocenters. The van der Waals surface area contributed by atoms with Crippen LogP contribution >= 0.6 is 11.6 Å². The summed E-state index contributed by atoms with van der Waals surface area (Å²) in [6.45, 7) is 4.47. The minimum absolute atomic E-state index is 0.00364. The predicted octanol–water partition coefficient (Wildman–Crippen LogP) is 3.34. The predicted molar refractivity (Wildman–Crippen MR) is 134 cm³/mol. The maximum Gasteiger partial charge on any atom is 0.296 e. The number of aromatic nitrogens is 3. The summed E-state index contributed by atoms with van der Waals surface area (Å²) >= 11 is 6.60. The molecule has 9 nitrogen and oxygen atoms in total. The average Bonchev–Trinajstić information content (AvgIpc) is 3.63. The van der Waals surface area contributed by atoms with Gasteiger partial charge in [-0.25, -0.2) is 9.37 Å². The number of ether oxygens (including phenoxy) is 5. The van der Waals surface area contributed by atoms with Gasteiger partial charge in [0.15, 0.2) is 11.8 Å². The van der Waals surface area contributed by atoms with Gasteiger partial charge in [0, 0.05) is 11.5 Å². The van der Waals surface area contributed by atoms with Crippen molar-refractivity contribution in [3.05, 3.63) is 45.9 Å². The molecular formula is C27H29ClFN3O6. The number of pyridine rings is 1. The Morgan fingerprint density at radius 1 is 1.18 bits per heavy atom. The first-order valence-corrected chi connectivity index (χ1v) is 13.4. The standard InChI is InChI=1S/C27H29ClFN3O6/c1-27(10-34-11-27)12-37-15-4-13-2-3-14(22(13)17(29)6-15)5-18-16(28)7-19-25(30-18)32-26(31-19)38-21-9-36-23-20(33)8-35-24(21)23/h4,6-7,14,20-21,23-24,33H,2-3,5,8-12H2,1H3,(H,30,31,32)/t14?,20-,21-,23-,24-/m1/s1. The van der Waals surface area contributed by atoms with E-state index in [1.54, 1.807) is 6.07 Å². The second-order valence-corrected chi connectivity index (χ2v) is 11.6. The second kappa shape index (κ2) is 9.31. The first kappa shape index (κ1) is 24.5. The van der Waals surface area contributed by atoms with E-state index >= 15 is 4.39 Å². The number of aliphatic hydroxyl groups excluding tert-OH is 1. The second-order valence-electron chi connectivity index (χ2n) is 11.2. The summed E-state index contributed by atoms with van der Waals surface area (Å²) in [4.78, 5) is 12.3. The van der Waals surface area contributed by atoms with Crippen molar-refractivity contribution in [2.24, 2.45) is 5.41 Å². The molecular weight excluding hydrogens is 517 g/mol. The van der Waals surface area contributed by atoms with Crippen molar-refractivity contribution < 1.29 is 33.2 Å². The molecule has 1 aromatic carbocycles. The molecule has 0 radical (unpaired) electrons. The molecule has 4 aliphatic rings. The Kier molecular flexibility index (Phi) is 6.01. The molecule has 3 saturated heterocycles. The number of hydrogen-bond donors (Lipinski definition) is 2. The lowest BCUT2D eigenvalue weighted by molar-refractivity contribution is -0.120. The number of imidazole rings is 1. The van der Waals surface area contributed by atoms with Gasteiger partial charge in [0.25, 0.3) is 6.01 Å². The summed E-state index contributed by atoms with van der Waals surface area (Å²) in [5, 5.41) is 10.4. The third-order valence-corrected chi connectivity index (χ3v) is 8.34. The number of fused-ring (bicyclic) bond motifs is 3. The molecule has 1 unspecified atom stereocenters. The smallest absolute Gasteiger partial charge is 0.296 e. The van der Waals surface area contributed by atoms with Crippen LogP contribution in [0, 0.1) is 11.2 Å². The first-order valence-electron chi connectivity index (χ1n) is 13.0. The van der Waals surface area contributed by atoms with Crippen molar-refractivity contribution >= 4 is 22.8 Å². The number of nitrogens with one attached hydrogen (secondary N) is 1.